The molecule has 0 radical (unpaired) electrons. The van der Waals surface area contributed by atoms with Gasteiger partial charge in [0, 0.05) is 12.5 Å². The van der Waals surface area contributed by atoms with E-state index in [4.69, 9.17) is 5.73 Å². The van der Waals surface area contributed by atoms with Crippen molar-refractivity contribution in [2.75, 3.05) is 6.54 Å². The van der Waals surface area contributed by atoms with Crippen LogP contribution in [-0.4, -0.2) is 29.0 Å². The fourth-order valence-electron chi connectivity index (χ4n) is 2.29. The van der Waals surface area contributed by atoms with Crippen molar-refractivity contribution in [1.82, 2.24) is 15.5 Å². The second-order valence-corrected chi connectivity index (χ2v) is 6.56. The van der Waals surface area contributed by atoms with Gasteiger partial charge in [-0.05, 0) is 50.1 Å². The van der Waals surface area contributed by atoms with Gasteiger partial charge in [-0.2, -0.15) is 0 Å². The van der Waals surface area contributed by atoms with Crippen LogP contribution < -0.4 is 15.8 Å². The van der Waals surface area contributed by atoms with Crippen LogP contribution in [0, 0.1) is 0 Å². The van der Waals surface area contributed by atoms with E-state index in [0.29, 0.717) is 28.5 Å². The number of amides is 1. The summed E-state index contributed by atoms with van der Waals surface area (Å²) in [4.78, 5) is 11.4. The molecule has 0 saturated carbocycles. The molecule has 156 valence electrons. The maximum Gasteiger partial charge on any atom is 0.573 e. The minimum absolute atomic E-state index is 0.173. The Morgan fingerprint density at radius 2 is 1.86 bits per heavy atom. The van der Waals surface area contributed by atoms with Crippen LogP contribution in [0.1, 0.15) is 51.1 Å². The number of unbranched alkanes of at least 4 members (excludes halogenated alkanes) is 1. The largest absolute Gasteiger partial charge is 0.573 e. The molecule has 0 aliphatic heterocycles. The molecule has 0 aliphatic carbocycles. The Morgan fingerprint density at radius 1 is 1.21 bits per heavy atom. The molecular weight excluding hydrogens is 393 g/mol. The Bertz CT molecular complexity index is 720. The molecule has 1 heterocycles. The topological polar surface area (TPSA) is 90.1 Å². The summed E-state index contributed by atoms with van der Waals surface area (Å²) in [6.07, 6.45) is -2.38. The zero-order valence-electron chi connectivity index (χ0n) is 16.0. The number of hydrogen-bond donors (Lipinski definition) is 2. The maximum atomic E-state index is 12.2. The van der Waals surface area contributed by atoms with Gasteiger partial charge in [0.2, 0.25) is 5.91 Å². The molecule has 2 rings (SSSR count). The highest BCUT2D eigenvalue weighted by Gasteiger charge is 2.31. The lowest BCUT2D eigenvalue weighted by Crippen LogP contribution is -2.26. The van der Waals surface area contributed by atoms with Gasteiger partial charge in [0.15, 0.2) is 0 Å². The first-order chi connectivity index (χ1) is 13.3. The van der Waals surface area contributed by atoms with E-state index < -0.39 is 6.36 Å². The minimum Gasteiger partial charge on any atom is -0.406 e. The van der Waals surface area contributed by atoms with E-state index in [-0.39, 0.29) is 17.7 Å². The predicted molar refractivity (Wildman–Crippen MR) is 103 cm³/mol. The van der Waals surface area contributed by atoms with Crippen LogP contribution in [0.15, 0.2) is 24.3 Å². The highest BCUT2D eigenvalue weighted by Crippen LogP contribution is 2.31. The molecular formula is C18H25F3N4O2S. The van der Waals surface area contributed by atoms with E-state index in [0.717, 1.165) is 12.8 Å². The van der Waals surface area contributed by atoms with Crippen molar-refractivity contribution in [2.45, 2.75) is 52.4 Å². The number of rotatable bonds is 8. The Morgan fingerprint density at radius 3 is 2.39 bits per heavy atom. The average molecular weight is 418 g/mol. The summed E-state index contributed by atoms with van der Waals surface area (Å²) in [5.41, 5.74) is 6.11. The van der Waals surface area contributed by atoms with Gasteiger partial charge in [-0.3, -0.25) is 4.79 Å². The van der Waals surface area contributed by atoms with E-state index >= 15 is 0 Å². The van der Waals surface area contributed by atoms with Gasteiger partial charge in [0.25, 0.3) is 0 Å². The quantitative estimate of drug-likeness (QED) is 0.619. The van der Waals surface area contributed by atoms with E-state index in [1.165, 1.54) is 42.5 Å². The number of carbonyl (C=O) groups is 1. The first kappa shape index (κ1) is 23.8. The molecule has 1 atom stereocenters. The average Bonchev–Trinajstić information content (AvgIpc) is 3.12. The fourth-order valence-corrected chi connectivity index (χ4v) is 3.22. The molecule has 10 heteroatoms. The van der Waals surface area contributed by atoms with E-state index in [1.807, 2.05) is 13.8 Å². The number of aromatic nitrogens is 2. The van der Waals surface area contributed by atoms with E-state index in [9.17, 15) is 18.0 Å². The third-order valence-corrected chi connectivity index (χ3v) is 4.48. The van der Waals surface area contributed by atoms with Crippen molar-refractivity contribution in [3.05, 3.63) is 29.3 Å². The van der Waals surface area contributed by atoms with Crippen LogP contribution in [-0.2, 0) is 4.79 Å². The number of halogens is 3. The number of hydrogen-bond acceptors (Lipinski definition) is 6. The molecule has 0 saturated heterocycles. The second-order valence-electron chi connectivity index (χ2n) is 5.56. The maximum absolute atomic E-state index is 12.2. The smallest absolute Gasteiger partial charge is 0.406 e. The molecule has 0 spiro atoms. The molecule has 1 unspecified atom stereocenters. The van der Waals surface area contributed by atoms with Crippen LogP contribution in [0.5, 0.6) is 5.75 Å². The summed E-state index contributed by atoms with van der Waals surface area (Å²) in [6.45, 7) is 6.00. The third-order valence-electron chi connectivity index (χ3n) is 3.40. The number of nitrogens with zero attached hydrogens (tertiary/aromatic N) is 2. The van der Waals surface area contributed by atoms with Gasteiger partial charge in [0.05, 0.1) is 6.04 Å². The van der Waals surface area contributed by atoms with Crippen LogP contribution in [0.3, 0.4) is 0 Å². The number of ether oxygens (including phenoxy) is 1. The van der Waals surface area contributed by atoms with Gasteiger partial charge in [-0.1, -0.05) is 25.2 Å². The third kappa shape index (κ3) is 8.22. The van der Waals surface area contributed by atoms with Crippen molar-refractivity contribution in [3.8, 4) is 16.3 Å². The lowest BCUT2D eigenvalue weighted by atomic mass is 10.1. The van der Waals surface area contributed by atoms with Crippen molar-refractivity contribution >= 4 is 17.2 Å². The van der Waals surface area contributed by atoms with Gasteiger partial charge < -0.3 is 15.8 Å². The summed E-state index contributed by atoms with van der Waals surface area (Å²) in [5.74, 6) is -0.475. The number of nitrogens with one attached hydrogen (secondary N) is 1. The van der Waals surface area contributed by atoms with Gasteiger partial charge in [-0.25, -0.2) is 0 Å². The highest BCUT2D eigenvalue weighted by atomic mass is 32.1. The molecule has 6 nitrogen and oxygen atoms in total. The van der Waals surface area contributed by atoms with Crippen LogP contribution in [0.4, 0.5) is 13.2 Å². The number of nitrogens with two attached hydrogens (primary N) is 1. The zero-order chi connectivity index (χ0) is 21.2. The minimum atomic E-state index is -4.73. The molecule has 0 aliphatic rings. The predicted octanol–water partition coefficient (Wildman–Crippen LogP) is 4.44. The molecule has 1 aromatic heterocycles. The Kier molecular flexibility index (Phi) is 9.88. The summed E-state index contributed by atoms with van der Waals surface area (Å²) in [6, 6.07) is 5.13. The first-order valence-electron chi connectivity index (χ1n) is 8.95. The zero-order valence-corrected chi connectivity index (χ0v) is 16.9. The monoisotopic (exact) mass is 418 g/mol. The Balaban J connectivity index is 0.00000190. The molecule has 2 aromatic rings. The SMILES string of the molecule is CC.CC(=O)NC(CCCCN)c1nnc(-c2ccc(OC(F)(F)F)cc2)s1. The summed E-state index contributed by atoms with van der Waals surface area (Å²) in [5, 5.41) is 12.2. The fraction of sp³-hybridized carbons (Fsp3) is 0.500. The number of carbonyl (C=O) groups excluding carboxylic acids is 1. The first-order valence-corrected chi connectivity index (χ1v) is 9.77. The lowest BCUT2D eigenvalue weighted by molar-refractivity contribution is -0.274. The van der Waals surface area contributed by atoms with Crippen molar-refractivity contribution < 1.29 is 22.7 Å². The summed E-state index contributed by atoms with van der Waals surface area (Å²) >= 11 is 1.28. The molecule has 0 fully saturated rings. The Labute approximate surface area is 166 Å². The number of benzene rings is 1. The molecule has 3 N–H and O–H groups in total. The van der Waals surface area contributed by atoms with Gasteiger partial charge in [-0.15, -0.1) is 23.4 Å². The van der Waals surface area contributed by atoms with Gasteiger partial charge in [0.1, 0.15) is 15.8 Å². The molecule has 0 bridgehead atoms. The van der Waals surface area contributed by atoms with E-state index in [2.05, 4.69) is 20.3 Å². The summed E-state index contributed by atoms with van der Waals surface area (Å²) in [7, 11) is 0. The summed E-state index contributed by atoms with van der Waals surface area (Å²) < 4.78 is 40.5. The molecule has 1 amide bonds. The van der Waals surface area contributed by atoms with Crippen LogP contribution in [0.2, 0.25) is 0 Å². The standard InChI is InChI=1S/C16H19F3N4O2S.C2H6/c1-10(24)21-13(4-2-3-9-20)15-23-22-14(26-15)11-5-7-12(8-6-11)25-16(17,18)19;1-2/h5-8,13H,2-4,9,20H2,1H3,(H,21,24);1-2H3. The van der Waals surface area contributed by atoms with Crippen LogP contribution >= 0.6 is 11.3 Å². The van der Waals surface area contributed by atoms with Gasteiger partial charge >= 0.3 is 6.36 Å². The Hall–Kier alpha value is -2.20. The van der Waals surface area contributed by atoms with E-state index in [1.54, 1.807) is 0 Å². The van der Waals surface area contributed by atoms with Crippen LogP contribution in [0.25, 0.3) is 10.6 Å². The van der Waals surface area contributed by atoms with Crippen molar-refractivity contribution in [2.24, 2.45) is 5.73 Å². The number of alkyl halides is 3. The second kappa shape index (κ2) is 11.6. The molecule has 28 heavy (non-hydrogen) atoms. The lowest BCUT2D eigenvalue weighted by Gasteiger charge is -2.14. The molecule has 1 aromatic carbocycles. The highest BCUT2D eigenvalue weighted by molar-refractivity contribution is 7.14. The van der Waals surface area contributed by atoms with Crippen molar-refractivity contribution in [1.29, 1.82) is 0 Å². The normalized spacial score (nSPS) is 12.0. The van der Waals surface area contributed by atoms with Crippen molar-refractivity contribution in [3.63, 3.8) is 0 Å².